The fourth-order valence-corrected chi connectivity index (χ4v) is 0.192. The van der Waals surface area contributed by atoms with E-state index in [1.807, 2.05) is 13.8 Å². The fourth-order valence-electron chi connectivity index (χ4n) is 0.192. The van der Waals surface area contributed by atoms with Gasteiger partial charge < -0.3 is 10.2 Å². The van der Waals surface area contributed by atoms with Gasteiger partial charge in [0.25, 0.3) is 0 Å². The molecule has 0 spiro atoms. The second-order valence-electron chi connectivity index (χ2n) is 0.722. The van der Waals surface area contributed by atoms with Crippen molar-refractivity contribution in [2.24, 2.45) is 0 Å². The Morgan fingerprint density at radius 2 is 2.00 bits per heavy atom. The summed E-state index contributed by atoms with van der Waals surface area (Å²) >= 11 is 0. The van der Waals surface area contributed by atoms with Crippen LogP contribution in [0.1, 0.15) is 13.8 Å². The topological polar surface area (TPSA) is 27.0 Å². The van der Waals surface area contributed by atoms with Gasteiger partial charge in [0, 0.05) is 26.6 Å². The molecule has 0 N–H and O–H groups in total. The van der Waals surface area contributed by atoms with E-state index in [0.29, 0.717) is 0 Å². The van der Waals surface area contributed by atoms with Crippen molar-refractivity contribution >= 4 is 0 Å². The van der Waals surface area contributed by atoms with Crippen LogP contribution in [-0.2, 0) is 20.4 Å². The molecular weight excluding hydrogens is 274 g/mol. The SMILES string of the molecule is CC.[Re].c1cn[n-]c1. The second kappa shape index (κ2) is 9.98. The van der Waals surface area contributed by atoms with E-state index in [9.17, 15) is 0 Å². The maximum atomic E-state index is 3.47. The average Bonchev–Trinajstić information content (AvgIpc) is 2.23. The Bertz CT molecular complexity index is 66.9. The molecule has 0 aliphatic heterocycles. The molecule has 0 unspecified atom stereocenters. The molecule has 1 aromatic heterocycles. The van der Waals surface area contributed by atoms with Crippen molar-refractivity contribution in [2.45, 2.75) is 13.8 Å². The van der Waals surface area contributed by atoms with E-state index >= 15 is 0 Å². The molecule has 2 nitrogen and oxygen atoms in total. The van der Waals surface area contributed by atoms with Crippen LogP contribution < -0.4 is 5.10 Å². The predicted molar refractivity (Wildman–Crippen MR) is 28.9 cm³/mol. The van der Waals surface area contributed by atoms with Gasteiger partial charge in [0.2, 0.25) is 0 Å². The molecule has 0 atom stereocenters. The molecule has 47 valence electrons. The van der Waals surface area contributed by atoms with Crippen molar-refractivity contribution in [2.75, 3.05) is 0 Å². The molecule has 0 bridgehead atoms. The first kappa shape index (κ1) is 10.8. The maximum absolute atomic E-state index is 3.47. The first-order valence-electron chi connectivity index (χ1n) is 2.38. The number of hydrogen-bond acceptors (Lipinski definition) is 1. The molecule has 1 heterocycles. The van der Waals surface area contributed by atoms with E-state index in [1.54, 1.807) is 18.5 Å². The number of nitrogens with zero attached hydrogens (tertiary/aromatic N) is 2. The van der Waals surface area contributed by atoms with Crippen molar-refractivity contribution in [3.8, 4) is 0 Å². The standard InChI is InChI=1S/C3H3N2.C2H6.Re/c1-2-4-5-3-1;1-2;/h1-3H;1-2H3;/q-1;;. The van der Waals surface area contributed by atoms with Gasteiger partial charge in [-0.2, -0.15) is 6.20 Å². The molecule has 0 saturated carbocycles. The van der Waals surface area contributed by atoms with E-state index in [4.69, 9.17) is 0 Å². The molecule has 8 heavy (non-hydrogen) atoms. The van der Waals surface area contributed by atoms with Gasteiger partial charge in [-0.3, -0.25) is 0 Å². The van der Waals surface area contributed by atoms with E-state index in [1.165, 1.54) is 0 Å². The van der Waals surface area contributed by atoms with Crippen LogP contribution in [0.4, 0.5) is 0 Å². The van der Waals surface area contributed by atoms with Gasteiger partial charge >= 0.3 is 0 Å². The Labute approximate surface area is 63.3 Å². The summed E-state index contributed by atoms with van der Waals surface area (Å²) in [4.78, 5) is 0. The average molecular weight is 283 g/mol. The Morgan fingerprint density at radius 3 is 2.12 bits per heavy atom. The Kier molecular flexibility index (Phi) is 13.5. The summed E-state index contributed by atoms with van der Waals surface area (Å²) in [5.74, 6) is 0. The first-order valence-corrected chi connectivity index (χ1v) is 2.38. The third kappa shape index (κ3) is 5.87. The minimum atomic E-state index is 0. The number of rotatable bonds is 0. The minimum Gasteiger partial charge on any atom is -0.582 e. The van der Waals surface area contributed by atoms with Gasteiger partial charge in [0.1, 0.15) is 0 Å². The van der Waals surface area contributed by atoms with Crippen LogP contribution in [0.2, 0.25) is 0 Å². The summed E-state index contributed by atoms with van der Waals surface area (Å²) in [5.41, 5.74) is 0. The van der Waals surface area contributed by atoms with Crippen molar-refractivity contribution in [1.29, 1.82) is 0 Å². The smallest absolute Gasteiger partial charge is 0.00194 e. The molecule has 0 saturated heterocycles. The van der Waals surface area contributed by atoms with Crippen molar-refractivity contribution in [1.82, 2.24) is 10.2 Å². The minimum absolute atomic E-state index is 0. The van der Waals surface area contributed by atoms with Gasteiger partial charge in [0.05, 0.1) is 0 Å². The summed E-state index contributed by atoms with van der Waals surface area (Å²) < 4.78 is 0. The van der Waals surface area contributed by atoms with Crippen molar-refractivity contribution < 1.29 is 20.4 Å². The summed E-state index contributed by atoms with van der Waals surface area (Å²) in [6.07, 6.45) is 3.28. The molecule has 1 rings (SSSR count). The second-order valence-corrected chi connectivity index (χ2v) is 0.722. The molecular formula is C5H9N2Re-. The quantitative estimate of drug-likeness (QED) is 0.712. The Balaban J connectivity index is 0. The third-order valence-electron chi connectivity index (χ3n) is 0.372. The first-order chi connectivity index (χ1) is 3.50. The fraction of sp³-hybridized carbons (Fsp3) is 0.400. The molecule has 0 fully saturated rings. The van der Waals surface area contributed by atoms with Crippen molar-refractivity contribution in [3.63, 3.8) is 0 Å². The molecule has 0 aliphatic carbocycles. The zero-order valence-electron chi connectivity index (χ0n) is 5.00. The molecule has 1 aromatic rings. The van der Waals surface area contributed by atoms with Gasteiger partial charge in [-0.05, 0) is 0 Å². The largest absolute Gasteiger partial charge is 0.582 e. The number of hydrogen-bond donors (Lipinski definition) is 0. The maximum Gasteiger partial charge on any atom is 0.00194 e. The number of aromatic nitrogens is 2. The van der Waals surface area contributed by atoms with Crippen LogP contribution in [0.25, 0.3) is 0 Å². The molecule has 0 aliphatic rings. The predicted octanol–water partition coefficient (Wildman–Crippen LogP) is 1.06. The van der Waals surface area contributed by atoms with E-state index in [0.717, 1.165) is 0 Å². The monoisotopic (exact) mass is 284 g/mol. The van der Waals surface area contributed by atoms with Gasteiger partial charge in [-0.15, -0.1) is 0 Å². The van der Waals surface area contributed by atoms with Gasteiger partial charge in [-0.25, -0.2) is 0 Å². The van der Waals surface area contributed by atoms with Crippen molar-refractivity contribution in [3.05, 3.63) is 18.5 Å². The normalized spacial score (nSPS) is 5.75. The third-order valence-corrected chi connectivity index (χ3v) is 0.372. The zero-order valence-corrected chi connectivity index (χ0v) is 7.72. The van der Waals surface area contributed by atoms with E-state index < -0.39 is 0 Å². The van der Waals surface area contributed by atoms with E-state index in [-0.39, 0.29) is 20.4 Å². The van der Waals surface area contributed by atoms with E-state index in [2.05, 4.69) is 10.2 Å². The van der Waals surface area contributed by atoms with Crippen LogP contribution in [0, 0.1) is 0 Å². The molecule has 3 heteroatoms. The summed E-state index contributed by atoms with van der Waals surface area (Å²) in [7, 11) is 0. The molecule has 1 radical (unpaired) electrons. The molecule has 0 amide bonds. The van der Waals surface area contributed by atoms with Crippen LogP contribution in [0.5, 0.6) is 0 Å². The zero-order chi connectivity index (χ0) is 5.54. The summed E-state index contributed by atoms with van der Waals surface area (Å²) in [5, 5.41) is 6.94. The van der Waals surface area contributed by atoms with Crippen LogP contribution in [0.15, 0.2) is 18.5 Å². The summed E-state index contributed by atoms with van der Waals surface area (Å²) in [6.45, 7) is 4.00. The van der Waals surface area contributed by atoms with Gasteiger partial charge in [0.15, 0.2) is 0 Å². The van der Waals surface area contributed by atoms with Crippen LogP contribution in [0.3, 0.4) is 0 Å². The Hall–Kier alpha value is -0.128. The van der Waals surface area contributed by atoms with Gasteiger partial charge in [-0.1, -0.05) is 19.9 Å². The summed E-state index contributed by atoms with van der Waals surface area (Å²) in [6, 6.07) is 1.78. The Morgan fingerprint density at radius 1 is 1.38 bits per heavy atom. The van der Waals surface area contributed by atoms with Crippen LogP contribution in [-0.4, -0.2) is 5.10 Å². The van der Waals surface area contributed by atoms with Crippen LogP contribution >= 0.6 is 0 Å². The molecule has 0 aromatic carbocycles.